The predicted octanol–water partition coefficient (Wildman–Crippen LogP) is 1.78. The molecule has 0 bridgehead atoms. The highest BCUT2D eigenvalue weighted by atomic mass is 32.2. The van der Waals surface area contributed by atoms with Crippen molar-refractivity contribution >= 4 is 15.8 Å². The second-order valence-electron chi connectivity index (χ2n) is 5.75. The Morgan fingerprint density at radius 3 is 2.52 bits per heavy atom. The van der Waals surface area contributed by atoms with Crippen molar-refractivity contribution in [3.8, 4) is 0 Å². The molecule has 23 heavy (non-hydrogen) atoms. The van der Waals surface area contributed by atoms with Gasteiger partial charge in [-0.25, -0.2) is 23.1 Å². The summed E-state index contributed by atoms with van der Waals surface area (Å²) in [5, 5.41) is 0. The van der Waals surface area contributed by atoms with Crippen LogP contribution in [0.2, 0.25) is 0 Å². The minimum Gasteiger partial charge on any atom is -0.363 e. The van der Waals surface area contributed by atoms with Crippen molar-refractivity contribution in [2.45, 2.75) is 26.1 Å². The first-order valence-corrected chi connectivity index (χ1v) is 8.95. The molecule has 0 spiro atoms. The first-order chi connectivity index (χ1) is 10.7. The molecule has 0 saturated heterocycles. The van der Waals surface area contributed by atoms with Gasteiger partial charge in [-0.05, 0) is 19.4 Å². The Morgan fingerprint density at radius 1 is 1.13 bits per heavy atom. The summed E-state index contributed by atoms with van der Waals surface area (Å²) in [5.41, 5.74) is 2.60. The number of aromatic nitrogens is 2. The quantitative estimate of drug-likeness (QED) is 0.871. The predicted molar refractivity (Wildman–Crippen MR) is 91.7 cm³/mol. The molecule has 124 valence electrons. The summed E-state index contributed by atoms with van der Waals surface area (Å²) in [6.45, 7) is 3.88. The molecular formula is C16H22N4O2S. The molecular weight excluding hydrogens is 312 g/mol. The first-order valence-electron chi connectivity index (χ1n) is 7.30. The van der Waals surface area contributed by atoms with Crippen LogP contribution in [0.15, 0.2) is 30.3 Å². The van der Waals surface area contributed by atoms with Crippen molar-refractivity contribution in [1.82, 2.24) is 14.7 Å². The van der Waals surface area contributed by atoms with Crippen LogP contribution in [0.4, 0.5) is 5.82 Å². The molecule has 1 heterocycles. The molecule has 0 atom stereocenters. The Hall–Kier alpha value is -1.99. The third-order valence-electron chi connectivity index (χ3n) is 3.23. The molecule has 2 rings (SSSR count). The molecule has 6 nitrogen and oxygen atoms in total. The SMILES string of the molecule is Cc1cccc(CS(=O)(=O)NCc2nc(C)cc(N(C)C)n2)c1. The third-order valence-corrected chi connectivity index (χ3v) is 4.53. The number of hydrogen-bond acceptors (Lipinski definition) is 5. The highest BCUT2D eigenvalue weighted by Crippen LogP contribution is 2.11. The lowest BCUT2D eigenvalue weighted by atomic mass is 10.2. The maximum Gasteiger partial charge on any atom is 0.216 e. The minimum atomic E-state index is -3.44. The first kappa shape index (κ1) is 17.4. The van der Waals surface area contributed by atoms with E-state index in [2.05, 4.69) is 14.7 Å². The number of nitrogens with zero attached hydrogens (tertiary/aromatic N) is 3. The Kier molecular flexibility index (Phi) is 5.33. The Balaban J connectivity index is 2.07. The van der Waals surface area contributed by atoms with E-state index in [1.54, 1.807) is 6.07 Å². The average molecular weight is 334 g/mol. The summed E-state index contributed by atoms with van der Waals surface area (Å²) in [6, 6.07) is 9.32. The monoisotopic (exact) mass is 334 g/mol. The number of anilines is 1. The van der Waals surface area contributed by atoms with E-state index in [9.17, 15) is 8.42 Å². The molecule has 0 radical (unpaired) electrons. The smallest absolute Gasteiger partial charge is 0.216 e. The van der Waals surface area contributed by atoms with Gasteiger partial charge in [0.05, 0.1) is 12.3 Å². The van der Waals surface area contributed by atoms with Crippen molar-refractivity contribution < 1.29 is 8.42 Å². The highest BCUT2D eigenvalue weighted by molar-refractivity contribution is 7.88. The second kappa shape index (κ2) is 7.06. The lowest BCUT2D eigenvalue weighted by Crippen LogP contribution is -2.26. The summed E-state index contributed by atoms with van der Waals surface area (Å²) >= 11 is 0. The van der Waals surface area contributed by atoms with Crippen LogP contribution in [0.1, 0.15) is 22.6 Å². The van der Waals surface area contributed by atoms with Gasteiger partial charge in [0.2, 0.25) is 10.0 Å². The van der Waals surface area contributed by atoms with Crippen molar-refractivity contribution in [3.05, 3.63) is 53.0 Å². The number of sulfonamides is 1. The van der Waals surface area contributed by atoms with Gasteiger partial charge in [0.15, 0.2) is 0 Å². The molecule has 2 aromatic rings. The zero-order valence-electron chi connectivity index (χ0n) is 13.9. The summed E-state index contributed by atoms with van der Waals surface area (Å²) in [6.07, 6.45) is 0. The van der Waals surface area contributed by atoms with Crippen molar-refractivity contribution in [2.24, 2.45) is 0 Å². The number of rotatable bonds is 6. The lowest BCUT2D eigenvalue weighted by Gasteiger charge is -2.13. The standard InChI is InChI=1S/C16H22N4O2S/c1-12-6-5-7-14(8-12)11-23(21,22)17-10-15-18-13(2)9-16(19-15)20(3)4/h5-9,17H,10-11H2,1-4H3. The van der Waals surface area contributed by atoms with Crippen LogP contribution in [0.5, 0.6) is 0 Å². The van der Waals surface area contributed by atoms with Crippen LogP contribution in [0, 0.1) is 13.8 Å². The van der Waals surface area contributed by atoms with E-state index in [1.807, 2.05) is 57.1 Å². The number of aryl methyl sites for hydroxylation is 2. The Bertz CT molecular complexity index is 788. The fourth-order valence-electron chi connectivity index (χ4n) is 2.17. The maximum atomic E-state index is 12.2. The molecule has 0 unspecified atom stereocenters. The molecule has 1 aromatic carbocycles. The van der Waals surface area contributed by atoms with E-state index < -0.39 is 10.0 Å². The number of benzene rings is 1. The Morgan fingerprint density at radius 2 is 1.87 bits per heavy atom. The van der Waals surface area contributed by atoms with Gasteiger partial charge < -0.3 is 4.90 Å². The van der Waals surface area contributed by atoms with Crippen LogP contribution in [0.3, 0.4) is 0 Å². The summed E-state index contributed by atoms with van der Waals surface area (Å²) in [5.74, 6) is 1.16. The van der Waals surface area contributed by atoms with Gasteiger partial charge in [0.25, 0.3) is 0 Å². The molecule has 0 aliphatic carbocycles. The van der Waals surface area contributed by atoms with Gasteiger partial charge in [0.1, 0.15) is 11.6 Å². The van der Waals surface area contributed by atoms with E-state index >= 15 is 0 Å². The molecule has 1 N–H and O–H groups in total. The van der Waals surface area contributed by atoms with E-state index in [0.717, 1.165) is 22.6 Å². The largest absolute Gasteiger partial charge is 0.363 e. The molecule has 0 aliphatic rings. The zero-order valence-corrected chi connectivity index (χ0v) is 14.7. The van der Waals surface area contributed by atoms with Crippen LogP contribution >= 0.6 is 0 Å². The summed E-state index contributed by atoms with van der Waals surface area (Å²) in [7, 11) is 0.326. The Labute approximate surface area is 137 Å². The number of hydrogen-bond donors (Lipinski definition) is 1. The molecule has 0 amide bonds. The van der Waals surface area contributed by atoms with Crippen LogP contribution in [-0.2, 0) is 22.3 Å². The van der Waals surface area contributed by atoms with Crippen LogP contribution in [0.25, 0.3) is 0 Å². The van der Waals surface area contributed by atoms with E-state index in [-0.39, 0.29) is 12.3 Å². The molecule has 0 fully saturated rings. The minimum absolute atomic E-state index is 0.0545. The van der Waals surface area contributed by atoms with E-state index in [4.69, 9.17) is 0 Å². The number of nitrogens with one attached hydrogen (secondary N) is 1. The normalized spacial score (nSPS) is 11.5. The van der Waals surface area contributed by atoms with E-state index in [1.165, 1.54) is 0 Å². The van der Waals surface area contributed by atoms with Crippen molar-refractivity contribution in [1.29, 1.82) is 0 Å². The summed E-state index contributed by atoms with van der Waals surface area (Å²) < 4.78 is 27.0. The highest BCUT2D eigenvalue weighted by Gasteiger charge is 2.13. The summed E-state index contributed by atoms with van der Waals surface area (Å²) in [4.78, 5) is 10.5. The van der Waals surface area contributed by atoms with Gasteiger partial charge in [0, 0.05) is 25.9 Å². The third kappa shape index (κ3) is 5.30. The molecule has 1 aromatic heterocycles. The molecule has 7 heteroatoms. The zero-order chi connectivity index (χ0) is 17.0. The van der Waals surface area contributed by atoms with E-state index in [0.29, 0.717) is 5.82 Å². The van der Waals surface area contributed by atoms with Gasteiger partial charge in [-0.15, -0.1) is 0 Å². The van der Waals surface area contributed by atoms with Crippen LogP contribution in [-0.4, -0.2) is 32.5 Å². The average Bonchev–Trinajstić information content (AvgIpc) is 2.44. The molecule has 0 aliphatic heterocycles. The topological polar surface area (TPSA) is 75.2 Å². The van der Waals surface area contributed by atoms with Gasteiger partial charge in [-0.1, -0.05) is 29.8 Å². The second-order valence-corrected chi connectivity index (χ2v) is 7.55. The van der Waals surface area contributed by atoms with Gasteiger partial charge >= 0.3 is 0 Å². The van der Waals surface area contributed by atoms with Gasteiger partial charge in [-0.2, -0.15) is 0 Å². The van der Waals surface area contributed by atoms with Crippen molar-refractivity contribution in [2.75, 3.05) is 19.0 Å². The maximum absolute atomic E-state index is 12.2. The van der Waals surface area contributed by atoms with Gasteiger partial charge in [-0.3, -0.25) is 0 Å². The van der Waals surface area contributed by atoms with Crippen LogP contribution < -0.4 is 9.62 Å². The van der Waals surface area contributed by atoms with Crippen molar-refractivity contribution in [3.63, 3.8) is 0 Å². The molecule has 0 saturated carbocycles. The fraction of sp³-hybridized carbons (Fsp3) is 0.375. The fourth-order valence-corrected chi connectivity index (χ4v) is 3.24. The lowest BCUT2D eigenvalue weighted by molar-refractivity contribution is 0.578.